The summed E-state index contributed by atoms with van der Waals surface area (Å²) in [6.07, 6.45) is 1.84. The quantitative estimate of drug-likeness (QED) is 0.835. The molecule has 0 atom stereocenters. The number of hydrogen-bond acceptors (Lipinski definition) is 4. The van der Waals surface area contributed by atoms with Gasteiger partial charge in [0.05, 0.1) is 19.8 Å². The number of rotatable bonds is 5. The molecule has 3 aliphatic heterocycles. The molecule has 0 saturated carbocycles. The van der Waals surface area contributed by atoms with Crippen molar-refractivity contribution in [3.05, 3.63) is 29.3 Å². The standard InChI is InChI=1S/C15H17F3O4/c1-2-3-14-6-20-15(21-7-14,22-8-14)10-4-11(17)13(19-9-16)12(18)5-10/h4-5H,2-3,6-9H2,1H3. The van der Waals surface area contributed by atoms with Crippen LogP contribution in [0.25, 0.3) is 0 Å². The Morgan fingerprint density at radius 3 is 2.09 bits per heavy atom. The van der Waals surface area contributed by atoms with Crippen molar-refractivity contribution >= 4 is 0 Å². The topological polar surface area (TPSA) is 36.9 Å². The van der Waals surface area contributed by atoms with Crippen molar-refractivity contribution in [1.82, 2.24) is 0 Å². The molecule has 2 bridgehead atoms. The van der Waals surface area contributed by atoms with Crippen LogP contribution in [0.1, 0.15) is 25.3 Å². The molecule has 3 aliphatic rings. The first-order valence-electron chi connectivity index (χ1n) is 7.14. The van der Waals surface area contributed by atoms with Crippen LogP contribution in [0.5, 0.6) is 5.75 Å². The Hall–Kier alpha value is -1.31. The number of halogens is 3. The normalized spacial score (nSPS) is 30.5. The third-order valence-electron chi connectivity index (χ3n) is 4.04. The summed E-state index contributed by atoms with van der Waals surface area (Å²) < 4.78 is 61.0. The zero-order valence-corrected chi connectivity index (χ0v) is 12.2. The van der Waals surface area contributed by atoms with Crippen LogP contribution in [0.15, 0.2) is 12.1 Å². The Kier molecular flexibility index (Phi) is 4.05. The van der Waals surface area contributed by atoms with Crippen LogP contribution < -0.4 is 4.74 Å². The monoisotopic (exact) mass is 318 g/mol. The molecule has 0 unspecified atom stereocenters. The predicted octanol–water partition coefficient (Wildman–Crippen LogP) is 3.24. The summed E-state index contributed by atoms with van der Waals surface area (Å²) in [6, 6.07) is 1.96. The summed E-state index contributed by atoms with van der Waals surface area (Å²) in [5.74, 6) is -4.44. The van der Waals surface area contributed by atoms with Gasteiger partial charge in [0.25, 0.3) is 0 Å². The van der Waals surface area contributed by atoms with E-state index in [-0.39, 0.29) is 11.0 Å². The summed E-state index contributed by atoms with van der Waals surface area (Å²) in [5.41, 5.74) is -0.149. The Morgan fingerprint density at radius 1 is 1.09 bits per heavy atom. The van der Waals surface area contributed by atoms with Crippen LogP contribution >= 0.6 is 0 Å². The van der Waals surface area contributed by atoms with Gasteiger partial charge in [-0.1, -0.05) is 13.3 Å². The van der Waals surface area contributed by atoms with E-state index in [4.69, 9.17) is 14.2 Å². The average Bonchev–Trinajstić information content (AvgIpc) is 2.52. The van der Waals surface area contributed by atoms with Gasteiger partial charge >= 0.3 is 5.97 Å². The predicted molar refractivity (Wildman–Crippen MR) is 69.8 cm³/mol. The van der Waals surface area contributed by atoms with Crippen molar-refractivity contribution in [2.24, 2.45) is 5.41 Å². The van der Waals surface area contributed by atoms with Crippen LogP contribution in [-0.4, -0.2) is 26.7 Å². The molecule has 3 saturated heterocycles. The number of alkyl halides is 1. The van der Waals surface area contributed by atoms with Gasteiger partial charge in [-0.05, 0) is 18.6 Å². The molecular weight excluding hydrogens is 301 g/mol. The minimum Gasteiger partial charge on any atom is -0.457 e. The Morgan fingerprint density at radius 2 is 1.64 bits per heavy atom. The number of ether oxygens (including phenoxy) is 4. The van der Waals surface area contributed by atoms with Gasteiger partial charge in [-0.2, -0.15) is 0 Å². The fourth-order valence-corrected chi connectivity index (χ4v) is 2.92. The Balaban J connectivity index is 1.87. The summed E-state index contributed by atoms with van der Waals surface area (Å²) in [6.45, 7) is 1.92. The number of fused-ring (bicyclic) bond motifs is 3. The van der Waals surface area contributed by atoms with E-state index in [2.05, 4.69) is 11.7 Å². The summed E-state index contributed by atoms with van der Waals surface area (Å²) in [7, 11) is 0. The lowest BCUT2D eigenvalue weighted by Gasteiger charge is -2.51. The Bertz CT molecular complexity index is 516. The van der Waals surface area contributed by atoms with E-state index in [0.29, 0.717) is 19.8 Å². The number of hydrogen-bond donors (Lipinski definition) is 0. The highest BCUT2D eigenvalue weighted by atomic mass is 19.1. The fourth-order valence-electron chi connectivity index (χ4n) is 2.92. The first kappa shape index (κ1) is 15.6. The first-order chi connectivity index (χ1) is 10.5. The molecule has 0 N–H and O–H groups in total. The first-order valence-corrected chi connectivity index (χ1v) is 7.14. The molecular formula is C15H17F3O4. The third kappa shape index (κ3) is 2.47. The van der Waals surface area contributed by atoms with Crippen LogP contribution in [0.4, 0.5) is 13.2 Å². The maximum absolute atomic E-state index is 13.9. The highest BCUT2D eigenvalue weighted by molar-refractivity contribution is 5.33. The van der Waals surface area contributed by atoms with E-state index in [1.807, 2.05) is 0 Å². The molecule has 3 fully saturated rings. The number of benzene rings is 1. The molecule has 1 aromatic carbocycles. The second-order valence-corrected chi connectivity index (χ2v) is 5.69. The minimum atomic E-state index is -1.61. The van der Waals surface area contributed by atoms with Gasteiger partial charge in [0.2, 0.25) is 6.86 Å². The van der Waals surface area contributed by atoms with Crippen molar-refractivity contribution in [3.63, 3.8) is 0 Å². The SMILES string of the molecule is CCCC12COC(c3cc(F)c(OCF)c(F)c3)(OC1)OC2. The maximum Gasteiger partial charge on any atom is 0.312 e. The molecule has 0 spiro atoms. The summed E-state index contributed by atoms with van der Waals surface area (Å²) in [4.78, 5) is 0. The lowest BCUT2D eigenvalue weighted by Crippen LogP contribution is -2.58. The van der Waals surface area contributed by atoms with E-state index in [1.165, 1.54) is 0 Å². The lowest BCUT2D eigenvalue weighted by atomic mass is 9.83. The van der Waals surface area contributed by atoms with Crippen LogP contribution in [-0.2, 0) is 20.2 Å². The molecule has 7 heteroatoms. The van der Waals surface area contributed by atoms with Crippen LogP contribution in [0.3, 0.4) is 0 Å². The fraction of sp³-hybridized carbons (Fsp3) is 0.600. The molecule has 3 heterocycles. The maximum atomic E-state index is 13.9. The highest BCUT2D eigenvalue weighted by Gasteiger charge is 2.53. The highest BCUT2D eigenvalue weighted by Crippen LogP contribution is 2.46. The van der Waals surface area contributed by atoms with Gasteiger partial charge in [0.1, 0.15) is 0 Å². The molecule has 122 valence electrons. The Labute approximate surface area is 126 Å². The van der Waals surface area contributed by atoms with Crippen LogP contribution in [0.2, 0.25) is 0 Å². The van der Waals surface area contributed by atoms with E-state index < -0.39 is 30.2 Å². The molecule has 0 amide bonds. The van der Waals surface area contributed by atoms with E-state index in [1.54, 1.807) is 0 Å². The molecule has 0 radical (unpaired) electrons. The van der Waals surface area contributed by atoms with Crippen molar-refractivity contribution in [3.8, 4) is 5.75 Å². The molecule has 4 nitrogen and oxygen atoms in total. The van der Waals surface area contributed by atoms with Gasteiger partial charge in [0, 0.05) is 11.0 Å². The second-order valence-electron chi connectivity index (χ2n) is 5.69. The zero-order valence-electron chi connectivity index (χ0n) is 12.2. The second kappa shape index (κ2) is 5.72. The smallest absolute Gasteiger partial charge is 0.312 e. The summed E-state index contributed by atoms with van der Waals surface area (Å²) >= 11 is 0. The third-order valence-corrected chi connectivity index (χ3v) is 4.04. The molecule has 22 heavy (non-hydrogen) atoms. The lowest BCUT2D eigenvalue weighted by molar-refractivity contribution is -0.480. The largest absolute Gasteiger partial charge is 0.457 e. The van der Waals surface area contributed by atoms with Crippen molar-refractivity contribution in [2.45, 2.75) is 25.7 Å². The van der Waals surface area contributed by atoms with Gasteiger partial charge < -0.3 is 18.9 Å². The van der Waals surface area contributed by atoms with E-state index in [9.17, 15) is 13.2 Å². The van der Waals surface area contributed by atoms with Gasteiger partial charge in [-0.3, -0.25) is 0 Å². The summed E-state index contributed by atoms with van der Waals surface area (Å²) in [5, 5.41) is 0. The zero-order chi connectivity index (χ0) is 15.8. The van der Waals surface area contributed by atoms with Gasteiger partial charge in [-0.25, -0.2) is 13.2 Å². The van der Waals surface area contributed by atoms with Crippen molar-refractivity contribution in [1.29, 1.82) is 0 Å². The van der Waals surface area contributed by atoms with Gasteiger partial charge in [-0.15, -0.1) is 0 Å². The molecule has 0 aliphatic carbocycles. The average molecular weight is 318 g/mol. The van der Waals surface area contributed by atoms with Crippen molar-refractivity contribution in [2.75, 3.05) is 26.7 Å². The van der Waals surface area contributed by atoms with E-state index in [0.717, 1.165) is 25.0 Å². The molecule has 0 aromatic heterocycles. The van der Waals surface area contributed by atoms with E-state index >= 15 is 0 Å². The molecule has 4 rings (SSSR count). The van der Waals surface area contributed by atoms with Gasteiger partial charge in [0.15, 0.2) is 17.4 Å². The van der Waals surface area contributed by atoms with Crippen LogP contribution in [0, 0.1) is 17.0 Å². The molecule has 1 aromatic rings. The minimum absolute atomic E-state index is 0.0542. The van der Waals surface area contributed by atoms with Crippen molar-refractivity contribution < 1.29 is 32.1 Å².